The highest BCUT2D eigenvalue weighted by molar-refractivity contribution is 5.85. The highest BCUT2D eigenvalue weighted by Gasteiger charge is 2.52. The fourth-order valence-electron chi connectivity index (χ4n) is 3.84. The van der Waals surface area contributed by atoms with E-state index in [0.717, 1.165) is 44.1 Å². The summed E-state index contributed by atoms with van der Waals surface area (Å²) >= 11 is 0. The third kappa shape index (κ3) is 4.21. The van der Waals surface area contributed by atoms with Gasteiger partial charge in [0, 0.05) is 32.2 Å². The maximum Gasteiger partial charge on any atom is 0.0594 e. The van der Waals surface area contributed by atoms with E-state index in [2.05, 4.69) is 29.1 Å². The van der Waals surface area contributed by atoms with Gasteiger partial charge in [0.25, 0.3) is 0 Å². The van der Waals surface area contributed by atoms with Crippen molar-refractivity contribution in [3.8, 4) is 0 Å². The summed E-state index contributed by atoms with van der Waals surface area (Å²) in [5, 5.41) is 3.48. The molecule has 0 radical (unpaired) electrons. The van der Waals surface area contributed by atoms with Crippen molar-refractivity contribution in [3.05, 3.63) is 0 Å². The fourth-order valence-corrected chi connectivity index (χ4v) is 3.84. The van der Waals surface area contributed by atoms with E-state index in [9.17, 15) is 0 Å². The van der Waals surface area contributed by atoms with Gasteiger partial charge in [-0.3, -0.25) is 4.90 Å². The van der Waals surface area contributed by atoms with Crippen molar-refractivity contribution < 1.29 is 4.74 Å². The number of nitrogens with zero attached hydrogens (tertiary/aromatic N) is 2. The maximum absolute atomic E-state index is 5.42. The molecule has 1 aliphatic carbocycles. The average molecular weight is 326 g/mol. The second-order valence-corrected chi connectivity index (χ2v) is 6.37. The second kappa shape index (κ2) is 8.16. The van der Waals surface area contributed by atoms with Crippen molar-refractivity contribution in [2.75, 3.05) is 59.5 Å². The van der Waals surface area contributed by atoms with Crippen molar-refractivity contribution >= 4 is 24.8 Å². The maximum atomic E-state index is 5.42. The van der Waals surface area contributed by atoms with Crippen molar-refractivity contribution in [2.45, 2.75) is 13.0 Å². The molecule has 0 aromatic carbocycles. The number of piperidine rings is 1. The van der Waals surface area contributed by atoms with Gasteiger partial charge in [0.1, 0.15) is 0 Å². The van der Waals surface area contributed by atoms with E-state index < -0.39 is 0 Å². The third-order valence-corrected chi connectivity index (χ3v) is 5.04. The Kier molecular flexibility index (Phi) is 7.53. The zero-order chi connectivity index (χ0) is 12.5. The number of fused-ring (bicyclic) bond motifs is 1. The predicted octanol–water partition coefficient (Wildman–Crippen LogP) is 0.948. The van der Waals surface area contributed by atoms with Crippen LogP contribution in [-0.2, 0) is 4.74 Å². The molecule has 3 aliphatic rings. The standard InChI is InChI=1S/C14H27N3O.2ClH/c1-11(17-3-5-18-6-4-17)9-16(2)10-14-12-7-15-8-13(12)14;;/h11-15H,3-10H2,1-2H3;2*1H/t11?,12-,13+,14?;;. The molecule has 0 aromatic heterocycles. The number of likely N-dealkylation sites (N-methyl/N-ethyl adjacent to an activating group) is 1. The van der Waals surface area contributed by atoms with Crippen molar-refractivity contribution in [3.63, 3.8) is 0 Å². The molecule has 20 heavy (non-hydrogen) atoms. The van der Waals surface area contributed by atoms with Gasteiger partial charge in [-0.25, -0.2) is 0 Å². The molecule has 0 aromatic rings. The minimum atomic E-state index is 0. The molecule has 2 aliphatic heterocycles. The normalized spacial score (nSPS) is 34.0. The molecular weight excluding hydrogens is 297 g/mol. The molecule has 4 atom stereocenters. The summed E-state index contributed by atoms with van der Waals surface area (Å²) in [4.78, 5) is 5.11. The quantitative estimate of drug-likeness (QED) is 0.814. The first-order valence-corrected chi connectivity index (χ1v) is 7.47. The van der Waals surface area contributed by atoms with Crippen molar-refractivity contribution in [1.82, 2.24) is 15.1 Å². The van der Waals surface area contributed by atoms with E-state index in [4.69, 9.17) is 4.74 Å². The third-order valence-electron chi connectivity index (χ3n) is 5.04. The van der Waals surface area contributed by atoms with Gasteiger partial charge in [0.2, 0.25) is 0 Å². The van der Waals surface area contributed by atoms with Gasteiger partial charge in [0.15, 0.2) is 0 Å². The average Bonchev–Trinajstić information content (AvgIpc) is 2.83. The highest BCUT2D eigenvalue weighted by Crippen LogP contribution is 2.48. The molecule has 2 saturated heterocycles. The van der Waals surface area contributed by atoms with Gasteiger partial charge in [-0.05, 0) is 44.8 Å². The summed E-state index contributed by atoms with van der Waals surface area (Å²) in [6.07, 6.45) is 0. The zero-order valence-electron chi connectivity index (χ0n) is 12.6. The molecule has 2 heterocycles. The lowest BCUT2D eigenvalue weighted by Gasteiger charge is -2.34. The number of nitrogens with one attached hydrogen (secondary N) is 1. The van der Waals surface area contributed by atoms with Crippen LogP contribution >= 0.6 is 24.8 Å². The van der Waals surface area contributed by atoms with Crippen LogP contribution in [0, 0.1) is 17.8 Å². The van der Waals surface area contributed by atoms with Crippen LogP contribution in [0.15, 0.2) is 0 Å². The molecule has 120 valence electrons. The van der Waals surface area contributed by atoms with Crippen LogP contribution in [0.25, 0.3) is 0 Å². The molecule has 3 fully saturated rings. The number of hydrogen-bond acceptors (Lipinski definition) is 4. The molecule has 6 heteroatoms. The fraction of sp³-hybridized carbons (Fsp3) is 1.00. The number of halogens is 2. The van der Waals surface area contributed by atoms with Gasteiger partial charge in [-0.15, -0.1) is 24.8 Å². The highest BCUT2D eigenvalue weighted by atomic mass is 35.5. The van der Waals surface area contributed by atoms with E-state index in [-0.39, 0.29) is 24.8 Å². The Morgan fingerprint density at radius 2 is 1.80 bits per heavy atom. The lowest BCUT2D eigenvalue weighted by atomic mass is 10.2. The van der Waals surface area contributed by atoms with Crippen LogP contribution in [0.2, 0.25) is 0 Å². The summed E-state index contributed by atoms with van der Waals surface area (Å²) in [7, 11) is 2.29. The molecule has 4 nitrogen and oxygen atoms in total. The molecule has 0 bridgehead atoms. The van der Waals surface area contributed by atoms with Crippen molar-refractivity contribution in [2.24, 2.45) is 17.8 Å². The van der Waals surface area contributed by atoms with Gasteiger partial charge < -0.3 is 15.0 Å². The van der Waals surface area contributed by atoms with Gasteiger partial charge in [-0.2, -0.15) is 0 Å². The Morgan fingerprint density at radius 1 is 1.20 bits per heavy atom. The predicted molar refractivity (Wildman–Crippen MR) is 87.2 cm³/mol. The largest absolute Gasteiger partial charge is 0.379 e. The minimum absolute atomic E-state index is 0. The Hall–Kier alpha value is 0.420. The van der Waals surface area contributed by atoms with Crippen LogP contribution in [0.3, 0.4) is 0 Å². The molecule has 1 N–H and O–H groups in total. The zero-order valence-corrected chi connectivity index (χ0v) is 14.2. The van der Waals surface area contributed by atoms with Crippen LogP contribution < -0.4 is 5.32 Å². The lowest BCUT2D eigenvalue weighted by Crippen LogP contribution is -2.47. The van der Waals surface area contributed by atoms with Crippen LogP contribution in [0.1, 0.15) is 6.92 Å². The first-order chi connectivity index (χ1) is 8.75. The molecule has 0 amide bonds. The molecule has 1 saturated carbocycles. The van der Waals surface area contributed by atoms with Crippen LogP contribution in [0.4, 0.5) is 0 Å². The van der Waals surface area contributed by atoms with E-state index in [1.54, 1.807) is 0 Å². The van der Waals surface area contributed by atoms with Gasteiger partial charge in [0.05, 0.1) is 13.2 Å². The first-order valence-electron chi connectivity index (χ1n) is 7.47. The molecular formula is C14H29Cl2N3O. The summed E-state index contributed by atoms with van der Waals surface area (Å²) in [5.41, 5.74) is 0. The number of rotatable bonds is 5. The van der Waals surface area contributed by atoms with E-state index >= 15 is 0 Å². The van der Waals surface area contributed by atoms with E-state index in [0.29, 0.717) is 6.04 Å². The molecule has 0 spiro atoms. The monoisotopic (exact) mass is 325 g/mol. The number of ether oxygens (including phenoxy) is 1. The number of hydrogen-bond donors (Lipinski definition) is 1. The Balaban J connectivity index is 0.000001000. The second-order valence-electron chi connectivity index (χ2n) is 6.37. The van der Waals surface area contributed by atoms with Gasteiger partial charge in [-0.1, -0.05) is 0 Å². The van der Waals surface area contributed by atoms with E-state index in [1.807, 2.05) is 0 Å². The van der Waals surface area contributed by atoms with Crippen LogP contribution in [0.5, 0.6) is 0 Å². The summed E-state index contributed by atoms with van der Waals surface area (Å²) < 4.78 is 5.42. The SMILES string of the molecule is CC(CN(C)CC1[C@H]2CNC[C@@H]12)N1CCOCC1.Cl.Cl. The Labute approximate surface area is 135 Å². The van der Waals surface area contributed by atoms with Crippen molar-refractivity contribution in [1.29, 1.82) is 0 Å². The Bertz CT molecular complexity index is 280. The first kappa shape index (κ1) is 18.5. The number of morpholine rings is 1. The van der Waals surface area contributed by atoms with Gasteiger partial charge >= 0.3 is 0 Å². The summed E-state index contributed by atoms with van der Waals surface area (Å²) in [6.45, 7) is 11.4. The molecule has 2 unspecified atom stereocenters. The minimum Gasteiger partial charge on any atom is -0.379 e. The van der Waals surface area contributed by atoms with E-state index in [1.165, 1.54) is 26.2 Å². The summed E-state index contributed by atoms with van der Waals surface area (Å²) in [5.74, 6) is 2.96. The smallest absolute Gasteiger partial charge is 0.0594 e. The Morgan fingerprint density at radius 3 is 2.40 bits per heavy atom. The summed E-state index contributed by atoms with van der Waals surface area (Å²) in [6, 6.07) is 0.663. The lowest BCUT2D eigenvalue weighted by molar-refractivity contribution is 0.0137. The van der Waals surface area contributed by atoms with Crippen LogP contribution in [-0.4, -0.2) is 75.4 Å². The topological polar surface area (TPSA) is 27.7 Å². The molecule has 3 rings (SSSR count).